The average Bonchev–Trinajstić information content (AvgIpc) is 2.45. The van der Waals surface area contributed by atoms with E-state index in [0.29, 0.717) is 0 Å². The molecule has 0 nitrogen and oxygen atoms in total. The molecule has 1 aliphatic carbocycles. The van der Waals surface area contributed by atoms with E-state index in [4.69, 9.17) is 17.0 Å². The summed E-state index contributed by atoms with van der Waals surface area (Å²) in [6.07, 6.45) is 5.44. The van der Waals surface area contributed by atoms with Crippen molar-refractivity contribution < 1.29 is 20.8 Å². The van der Waals surface area contributed by atoms with Gasteiger partial charge in [-0.3, -0.25) is 0 Å². The fourth-order valence-electron chi connectivity index (χ4n) is 1.87. The topological polar surface area (TPSA) is 0 Å². The molecule has 0 radical (unpaired) electrons. The van der Waals surface area contributed by atoms with Gasteiger partial charge in [0, 0.05) is 0 Å². The van der Waals surface area contributed by atoms with Crippen molar-refractivity contribution in [2.45, 2.75) is 32.6 Å². The van der Waals surface area contributed by atoms with Crippen molar-refractivity contribution >= 4 is 17.0 Å². The van der Waals surface area contributed by atoms with E-state index in [1.165, 1.54) is 31.2 Å². The van der Waals surface area contributed by atoms with Crippen LogP contribution in [-0.2, 0) is 33.7 Å². The van der Waals surface area contributed by atoms with E-state index >= 15 is 0 Å². The van der Waals surface area contributed by atoms with E-state index in [-0.39, 0.29) is 0 Å². The van der Waals surface area contributed by atoms with E-state index in [1.54, 1.807) is 11.1 Å². The summed E-state index contributed by atoms with van der Waals surface area (Å²) in [6, 6.07) is 4.68. The van der Waals surface area contributed by atoms with Crippen LogP contribution in [0.3, 0.4) is 0 Å². The number of halogens is 2. The first-order valence-electron chi connectivity index (χ1n) is 4.49. The van der Waals surface area contributed by atoms with Gasteiger partial charge in [-0.15, -0.1) is 0 Å². The van der Waals surface area contributed by atoms with E-state index in [9.17, 15) is 0 Å². The van der Waals surface area contributed by atoms with Crippen molar-refractivity contribution in [2.75, 3.05) is 0 Å². The molecule has 0 unspecified atom stereocenters. The third-order valence-electron chi connectivity index (χ3n) is 2.36. The molecule has 0 bridgehead atoms. The predicted molar refractivity (Wildman–Crippen MR) is 55.1 cm³/mol. The molecule has 1 aromatic carbocycles. The van der Waals surface area contributed by atoms with E-state index in [2.05, 4.69) is 19.1 Å². The number of fused-ring (bicyclic) bond motifs is 1. The van der Waals surface area contributed by atoms with Crippen molar-refractivity contribution in [1.29, 1.82) is 0 Å². The molecule has 0 spiro atoms. The van der Waals surface area contributed by atoms with Crippen LogP contribution in [-0.4, -0.2) is 0 Å². The fourth-order valence-corrected chi connectivity index (χ4v) is 1.87. The molecule has 1 aromatic rings. The van der Waals surface area contributed by atoms with E-state index in [0.717, 1.165) is 0 Å². The Kier molecular flexibility index (Phi) is 5.78. The van der Waals surface area contributed by atoms with Crippen molar-refractivity contribution in [1.82, 2.24) is 0 Å². The van der Waals surface area contributed by atoms with Crippen LogP contribution in [0, 0.1) is 6.92 Å². The molecule has 0 saturated carbocycles. The predicted octanol–water partition coefficient (Wildman–Crippen LogP) is 3.97. The third-order valence-corrected chi connectivity index (χ3v) is 2.36. The zero-order valence-corrected chi connectivity index (χ0v) is 11.7. The third kappa shape index (κ3) is 3.82. The number of aryl methyl sites for hydroxylation is 3. The van der Waals surface area contributed by atoms with Gasteiger partial charge in [-0.2, -0.15) is 22.8 Å². The summed E-state index contributed by atoms with van der Waals surface area (Å²) in [7, 11) is 9.87. The SMILES string of the molecule is Cc1cc2c([cH-]1)CCCC2.[Cl][Zr][Cl]. The summed E-state index contributed by atoms with van der Waals surface area (Å²) in [6.45, 7) is 2.19. The van der Waals surface area contributed by atoms with Gasteiger partial charge in [-0.05, 0) is 0 Å². The van der Waals surface area contributed by atoms with Gasteiger partial charge in [0.05, 0.1) is 0 Å². The van der Waals surface area contributed by atoms with Gasteiger partial charge in [0.1, 0.15) is 0 Å². The maximum absolute atomic E-state index is 4.93. The second-order valence-electron chi connectivity index (χ2n) is 3.36. The van der Waals surface area contributed by atoms with E-state index in [1.807, 2.05) is 0 Å². The molecule has 72 valence electrons. The van der Waals surface area contributed by atoms with Crippen LogP contribution < -0.4 is 0 Å². The van der Waals surface area contributed by atoms with Crippen molar-refractivity contribution in [2.24, 2.45) is 0 Å². The first kappa shape index (κ1) is 11.9. The molecule has 0 fully saturated rings. The van der Waals surface area contributed by atoms with Gasteiger partial charge in [-0.25, -0.2) is 6.07 Å². The molecule has 2 rings (SSSR count). The summed E-state index contributed by atoms with van der Waals surface area (Å²) in [5, 5.41) is 0. The summed E-state index contributed by atoms with van der Waals surface area (Å²) < 4.78 is 0. The average molecular weight is 295 g/mol. The molecule has 1 aliphatic rings. The van der Waals surface area contributed by atoms with Crippen LogP contribution in [0.5, 0.6) is 0 Å². The molecule has 3 heteroatoms. The second-order valence-corrected chi connectivity index (χ2v) is 7.09. The molecule has 0 aromatic heterocycles. The Hall–Kier alpha value is 0.813. The molecule has 0 atom stereocenters. The summed E-state index contributed by atoms with van der Waals surface area (Å²) in [4.78, 5) is 0. The van der Waals surface area contributed by atoms with Crippen molar-refractivity contribution in [3.63, 3.8) is 0 Å². The molecular formula is C10H13Cl2Zr-. The van der Waals surface area contributed by atoms with Crippen LogP contribution in [0.4, 0.5) is 0 Å². The zero-order valence-electron chi connectivity index (χ0n) is 7.74. The Bertz CT molecular complexity index is 232. The number of hydrogen-bond acceptors (Lipinski definition) is 0. The molecular weight excluding hydrogens is 282 g/mol. The van der Waals surface area contributed by atoms with Crippen LogP contribution in [0.15, 0.2) is 12.1 Å². The quantitative estimate of drug-likeness (QED) is 0.635. The first-order valence-corrected chi connectivity index (χ1v) is 10.8. The van der Waals surface area contributed by atoms with E-state index < -0.39 is 20.8 Å². The molecule has 0 aliphatic heterocycles. The van der Waals surface area contributed by atoms with Crippen LogP contribution in [0.1, 0.15) is 29.5 Å². The Morgan fingerprint density at radius 3 is 2.54 bits per heavy atom. The van der Waals surface area contributed by atoms with Gasteiger partial charge in [0.2, 0.25) is 0 Å². The van der Waals surface area contributed by atoms with Gasteiger partial charge in [0.15, 0.2) is 0 Å². The minimum atomic E-state index is -0.826. The van der Waals surface area contributed by atoms with Crippen LogP contribution >= 0.6 is 17.0 Å². The first-order chi connectivity index (χ1) is 6.27. The Labute approximate surface area is 98.7 Å². The standard InChI is InChI=1S/C10H13.2ClH.Zr/c1-8-6-9-4-2-3-5-10(9)7-8;;;/h6-7H,2-5H2,1H3;2*1H;/q-1;;;+2/p-2. The molecule has 0 N–H and O–H groups in total. The van der Waals surface area contributed by atoms with Gasteiger partial charge in [0.25, 0.3) is 0 Å². The summed E-state index contributed by atoms with van der Waals surface area (Å²) >= 11 is -0.826. The maximum atomic E-state index is 4.93. The van der Waals surface area contributed by atoms with Crippen LogP contribution in [0.2, 0.25) is 0 Å². The van der Waals surface area contributed by atoms with Crippen molar-refractivity contribution in [3.05, 3.63) is 28.8 Å². The number of rotatable bonds is 0. The normalized spacial score (nSPS) is 14.1. The molecule has 0 heterocycles. The fraction of sp³-hybridized carbons (Fsp3) is 0.500. The van der Waals surface area contributed by atoms with Crippen LogP contribution in [0.25, 0.3) is 0 Å². The Morgan fingerprint density at radius 2 is 1.92 bits per heavy atom. The minimum absolute atomic E-state index is 0.826. The number of hydrogen-bond donors (Lipinski definition) is 0. The van der Waals surface area contributed by atoms with Crippen molar-refractivity contribution in [3.8, 4) is 0 Å². The van der Waals surface area contributed by atoms with Gasteiger partial charge >= 0.3 is 37.9 Å². The zero-order chi connectivity index (χ0) is 9.68. The summed E-state index contributed by atoms with van der Waals surface area (Å²) in [5.74, 6) is 0. The second kappa shape index (κ2) is 6.33. The summed E-state index contributed by atoms with van der Waals surface area (Å²) in [5.41, 5.74) is 4.68. The Balaban J connectivity index is 0.000000251. The monoisotopic (exact) mass is 293 g/mol. The van der Waals surface area contributed by atoms with Gasteiger partial charge in [-0.1, -0.05) is 32.6 Å². The molecule has 13 heavy (non-hydrogen) atoms. The Morgan fingerprint density at radius 1 is 1.31 bits per heavy atom. The van der Waals surface area contributed by atoms with Gasteiger partial charge < -0.3 is 0 Å². The molecule has 0 saturated heterocycles. The molecule has 0 amide bonds.